The van der Waals surface area contributed by atoms with Crippen LogP contribution < -0.4 is 10.1 Å². The molecule has 0 saturated carbocycles. The number of aryl methyl sites for hydroxylation is 1. The fourth-order valence-corrected chi connectivity index (χ4v) is 4.31. The summed E-state index contributed by atoms with van der Waals surface area (Å²) in [4.78, 5) is 25.8. The quantitative estimate of drug-likeness (QED) is 0.471. The van der Waals surface area contributed by atoms with Crippen LogP contribution in [0.2, 0.25) is 0 Å². The van der Waals surface area contributed by atoms with E-state index in [1.165, 1.54) is 16.9 Å². The third-order valence-electron chi connectivity index (χ3n) is 4.67. The summed E-state index contributed by atoms with van der Waals surface area (Å²) in [7, 11) is 0. The van der Waals surface area contributed by atoms with E-state index in [-0.39, 0.29) is 12.5 Å². The van der Waals surface area contributed by atoms with Gasteiger partial charge in [0.05, 0.1) is 0 Å². The van der Waals surface area contributed by atoms with Crippen molar-refractivity contribution < 1.29 is 19.1 Å². The molecule has 29 heavy (non-hydrogen) atoms. The van der Waals surface area contributed by atoms with E-state index in [0.717, 1.165) is 34.6 Å². The molecule has 2 heterocycles. The Morgan fingerprint density at radius 2 is 1.86 bits per heavy atom. The first-order valence-electron chi connectivity index (χ1n) is 9.53. The van der Waals surface area contributed by atoms with Crippen molar-refractivity contribution in [1.29, 1.82) is 0 Å². The van der Waals surface area contributed by atoms with Gasteiger partial charge in [0.2, 0.25) is 0 Å². The smallest absolute Gasteiger partial charge is 0.348 e. The van der Waals surface area contributed by atoms with Gasteiger partial charge in [0.15, 0.2) is 6.61 Å². The topological polar surface area (TPSA) is 64.6 Å². The summed E-state index contributed by atoms with van der Waals surface area (Å²) in [6, 6.07) is 19.6. The lowest BCUT2D eigenvalue weighted by Gasteiger charge is -2.16. The number of hydrogen-bond donors (Lipinski definition) is 1. The van der Waals surface area contributed by atoms with Gasteiger partial charge in [-0.25, -0.2) is 4.79 Å². The van der Waals surface area contributed by atoms with Gasteiger partial charge in [-0.2, -0.15) is 0 Å². The second kappa shape index (κ2) is 8.92. The molecule has 1 aromatic heterocycles. The summed E-state index contributed by atoms with van der Waals surface area (Å²) in [6.45, 7) is 0.699. The first-order chi connectivity index (χ1) is 14.2. The molecule has 0 fully saturated rings. The highest BCUT2D eigenvalue weighted by Crippen LogP contribution is 2.42. The van der Waals surface area contributed by atoms with E-state index in [9.17, 15) is 9.59 Å². The predicted octanol–water partition coefficient (Wildman–Crippen LogP) is 4.21. The summed E-state index contributed by atoms with van der Waals surface area (Å²) in [5, 5.41) is 2.79. The van der Waals surface area contributed by atoms with E-state index < -0.39 is 5.97 Å². The van der Waals surface area contributed by atoms with Crippen LogP contribution in [0.4, 0.5) is 0 Å². The fourth-order valence-electron chi connectivity index (χ4n) is 3.22. The average Bonchev–Trinajstić information content (AvgIpc) is 3.21. The van der Waals surface area contributed by atoms with Crippen LogP contribution in [0.5, 0.6) is 5.75 Å². The van der Waals surface area contributed by atoms with Crippen molar-refractivity contribution in [3.63, 3.8) is 0 Å². The van der Waals surface area contributed by atoms with Crippen LogP contribution in [0.25, 0.3) is 10.4 Å². The van der Waals surface area contributed by atoms with Gasteiger partial charge in [-0.3, -0.25) is 4.79 Å². The molecule has 1 N–H and O–H groups in total. The molecule has 6 heteroatoms. The lowest BCUT2D eigenvalue weighted by Crippen LogP contribution is -2.29. The zero-order chi connectivity index (χ0) is 20.1. The number of ether oxygens (including phenoxy) is 2. The van der Waals surface area contributed by atoms with Crippen molar-refractivity contribution >= 4 is 23.2 Å². The molecule has 148 valence electrons. The van der Waals surface area contributed by atoms with E-state index in [2.05, 4.69) is 17.4 Å². The second-order valence-corrected chi connectivity index (χ2v) is 7.82. The standard InChI is InChI=1S/C23H21NO4S/c25-21(24-12-6-9-16-7-2-1-3-8-16)15-28-23(26)20-13-17-14-27-19-11-5-4-10-18(19)22(17)29-20/h1-5,7-8,10-11,13H,6,9,12,14-15H2,(H,24,25). The van der Waals surface area contributed by atoms with Crippen LogP contribution in [0.3, 0.4) is 0 Å². The van der Waals surface area contributed by atoms with Crippen molar-refractivity contribution in [1.82, 2.24) is 5.32 Å². The molecule has 4 rings (SSSR count). The van der Waals surface area contributed by atoms with Gasteiger partial charge < -0.3 is 14.8 Å². The Balaban J connectivity index is 1.25. The molecule has 0 bridgehead atoms. The highest BCUT2D eigenvalue weighted by Gasteiger charge is 2.23. The predicted molar refractivity (Wildman–Crippen MR) is 112 cm³/mol. The number of amides is 1. The Labute approximate surface area is 173 Å². The normalized spacial score (nSPS) is 11.7. The molecule has 0 spiro atoms. The summed E-state index contributed by atoms with van der Waals surface area (Å²) >= 11 is 1.37. The van der Waals surface area contributed by atoms with E-state index in [4.69, 9.17) is 9.47 Å². The van der Waals surface area contributed by atoms with Crippen LogP contribution in [-0.2, 0) is 22.6 Å². The minimum absolute atomic E-state index is 0.278. The number of rotatable bonds is 7. The molecule has 2 aromatic carbocycles. The molecule has 1 amide bonds. The minimum Gasteiger partial charge on any atom is -0.488 e. The summed E-state index contributed by atoms with van der Waals surface area (Å²) in [6.07, 6.45) is 1.73. The number of carbonyl (C=O) groups excluding carboxylic acids is 2. The Morgan fingerprint density at radius 1 is 1.07 bits per heavy atom. The Hall–Kier alpha value is -3.12. The molecule has 1 aliphatic heterocycles. The van der Waals surface area contributed by atoms with Crippen molar-refractivity contribution in [3.05, 3.63) is 76.7 Å². The fraction of sp³-hybridized carbons (Fsp3) is 0.217. The molecular weight excluding hydrogens is 386 g/mol. The summed E-state index contributed by atoms with van der Waals surface area (Å²) in [5.74, 6) is 0.0411. The van der Waals surface area contributed by atoms with Crippen LogP contribution >= 0.6 is 11.3 Å². The molecule has 0 radical (unpaired) electrons. The Bertz CT molecular complexity index is 1010. The average molecular weight is 407 g/mol. The van der Waals surface area contributed by atoms with Gasteiger partial charge in [0, 0.05) is 22.5 Å². The van der Waals surface area contributed by atoms with Crippen LogP contribution in [0.1, 0.15) is 27.2 Å². The largest absolute Gasteiger partial charge is 0.488 e. The molecular formula is C23H21NO4S. The van der Waals surface area contributed by atoms with Crippen molar-refractivity contribution in [2.45, 2.75) is 19.4 Å². The van der Waals surface area contributed by atoms with E-state index in [1.807, 2.05) is 42.5 Å². The number of fused-ring (bicyclic) bond motifs is 3. The lowest BCUT2D eigenvalue weighted by atomic mass is 10.1. The number of carbonyl (C=O) groups is 2. The van der Waals surface area contributed by atoms with Gasteiger partial charge in [0.25, 0.3) is 5.91 Å². The van der Waals surface area contributed by atoms with Gasteiger partial charge >= 0.3 is 5.97 Å². The van der Waals surface area contributed by atoms with Crippen LogP contribution in [0, 0.1) is 0 Å². The highest BCUT2D eigenvalue weighted by molar-refractivity contribution is 7.17. The van der Waals surface area contributed by atoms with Gasteiger partial charge in [-0.05, 0) is 36.6 Å². The van der Waals surface area contributed by atoms with Crippen LogP contribution in [0.15, 0.2) is 60.7 Å². The number of hydrogen-bond acceptors (Lipinski definition) is 5. The molecule has 0 aliphatic carbocycles. The molecule has 0 unspecified atom stereocenters. The third kappa shape index (κ3) is 4.66. The Kier molecular flexibility index (Phi) is 5.91. The zero-order valence-corrected chi connectivity index (χ0v) is 16.7. The Morgan fingerprint density at radius 3 is 2.72 bits per heavy atom. The lowest BCUT2D eigenvalue weighted by molar-refractivity contribution is -0.124. The summed E-state index contributed by atoms with van der Waals surface area (Å²) in [5.41, 5.74) is 3.18. The number of esters is 1. The van der Waals surface area contributed by atoms with Crippen molar-refractivity contribution in [2.24, 2.45) is 0 Å². The molecule has 1 aliphatic rings. The highest BCUT2D eigenvalue weighted by atomic mass is 32.1. The SMILES string of the molecule is O=C(COC(=O)c1cc2c(s1)-c1ccccc1OC2)NCCCc1ccccc1. The molecule has 0 atom stereocenters. The number of para-hydroxylation sites is 1. The third-order valence-corrected chi connectivity index (χ3v) is 5.86. The molecule has 3 aromatic rings. The summed E-state index contributed by atoms with van der Waals surface area (Å²) < 4.78 is 10.9. The second-order valence-electron chi connectivity index (χ2n) is 6.77. The maximum absolute atomic E-state index is 12.4. The first-order valence-corrected chi connectivity index (χ1v) is 10.3. The number of benzene rings is 2. The number of nitrogens with one attached hydrogen (secondary N) is 1. The molecule has 0 saturated heterocycles. The maximum atomic E-state index is 12.4. The minimum atomic E-state index is -0.485. The molecule has 5 nitrogen and oxygen atoms in total. The van der Waals surface area contributed by atoms with Crippen molar-refractivity contribution in [2.75, 3.05) is 13.2 Å². The van der Waals surface area contributed by atoms with Gasteiger partial charge in [-0.1, -0.05) is 42.5 Å². The van der Waals surface area contributed by atoms with E-state index in [0.29, 0.717) is 18.0 Å². The van der Waals surface area contributed by atoms with Gasteiger partial charge in [0.1, 0.15) is 17.2 Å². The van der Waals surface area contributed by atoms with Gasteiger partial charge in [-0.15, -0.1) is 11.3 Å². The number of thiophene rings is 1. The zero-order valence-electron chi connectivity index (χ0n) is 15.9. The van der Waals surface area contributed by atoms with Crippen LogP contribution in [-0.4, -0.2) is 25.0 Å². The maximum Gasteiger partial charge on any atom is 0.348 e. The monoisotopic (exact) mass is 407 g/mol. The first kappa shape index (κ1) is 19.2. The van der Waals surface area contributed by atoms with E-state index >= 15 is 0 Å². The van der Waals surface area contributed by atoms with E-state index in [1.54, 1.807) is 6.07 Å². The van der Waals surface area contributed by atoms with Crippen molar-refractivity contribution in [3.8, 4) is 16.2 Å².